The van der Waals surface area contributed by atoms with Crippen molar-refractivity contribution in [3.8, 4) is 0 Å². The maximum Gasteiger partial charge on any atom is 0.0724 e. The molecule has 0 unspecified atom stereocenters. The van der Waals surface area contributed by atoms with Crippen molar-refractivity contribution in [2.24, 2.45) is 0 Å². The summed E-state index contributed by atoms with van der Waals surface area (Å²) in [6.07, 6.45) is 4.22. The summed E-state index contributed by atoms with van der Waals surface area (Å²) in [5.41, 5.74) is 6.72. The largest absolute Gasteiger partial charge is 0.372 e. The first-order valence-corrected chi connectivity index (χ1v) is 6.06. The number of rotatable bonds is 2. The van der Waals surface area contributed by atoms with Crippen LogP contribution in [0.15, 0.2) is 65.3 Å². The van der Waals surface area contributed by atoms with E-state index in [9.17, 15) is 0 Å². The van der Waals surface area contributed by atoms with Crippen molar-refractivity contribution in [3.63, 3.8) is 0 Å². The fraction of sp³-hybridized carbons (Fsp3) is 0.250. The van der Waals surface area contributed by atoms with Crippen molar-refractivity contribution < 1.29 is 4.74 Å². The molecule has 0 radical (unpaired) electrons. The number of fused-ring (bicyclic) bond motifs is 1. The van der Waals surface area contributed by atoms with E-state index in [4.69, 9.17) is 4.74 Å². The Morgan fingerprint density at radius 2 is 1.94 bits per heavy atom. The number of allylic oxidation sites excluding steroid dienone is 2. The van der Waals surface area contributed by atoms with E-state index < -0.39 is 0 Å². The molecule has 0 saturated carbocycles. The van der Waals surface area contributed by atoms with Crippen molar-refractivity contribution in [2.75, 3.05) is 13.2 Å². The summed E-state index contributed by atoms with van der Waals surface area (Å²) in [6.45, 7) is 5.67. The van der Waals surface area contributed by atoms with E-state index in [1.807, 2.05) is 0 Å². The van der Waals surface area contributed by atoms with Crippen LogP contribution in [-0.4, -0.2) is 13.2 Å². The Morgan fingerprint density at radius 1 is 1.12 bits per heavy atom. The van der Waals surface area contributed by atoms with Crippen LogP contribution in [0.2, 0.25) is 0 Å². The van der Waals surface area contributed by atoms with Crippen molar-refractivity contribution in [2.45, 2.75) is 12.8 Å². The van der Waals surface area contributed by atoms with Gasteiger partial charge in [0.15, 0.2) is 0 Å². The normalized spacial score (nSPS) is 19.3. The number of hydrogen-bond acceptors (Lipinski definition) is 1. The lowest BCUT2D eigenvalue weighted by Crippen LogP contribution is -2.14. The predicted octanol–water partition coefficient (Wildman–Crippen LogP) is 3.44. The fourth-order valence-electron chi connectivity index (χ4n) is 2.62. The van der Waals surface area contributed by atoms with Crippen molar-refractivity contribution in [1.29, 1.82) is 0 Å². The van der Waals surface area contributed by atoms with Gasteiger partial charge >= 0.3 is 0 Å². The molecule has 1 heterocycles. The maximum atomic E-state index is 5.65. The van der Waals surface area contributed by atoms with Crippen LogP contribution in [0.4, 0.5) is 0 Å². The molecule has 17 heavy (non-hydrogen) atoms. The van der Waals surface area contributed by atoms with E-state index in [0.717, 1.165) is 26.1 Å². The Labute approximate surface area is 102 Å². The van der Waals surface area contributed by atoms with E-state index in [1.165, 1.54) is 27.9 Å². The van der Waals surface area contributed by atoms with E-state index in [0.29, 0.717) is 0 Å². The Bertz CT molecular complexity index is 506. The molecule has 0 spiro atoms. The first-order chi connectivity index (χ1) is 8.34. The molecule has 0 atom stereocenters. The van der Waals surface area contributed by atoms with E-state index >= 15 is 0 Å². The van der Waals surface area contributed by atoms with Gasteiger partial charge in [0.2, 0.25) is 0 Å². The molecule has 0 N–H and O–H groups in total. The van der Waals surface area contributed by atoms with Crippen LogP contribution in [-0.2, 0) is 11.2 Å². The van der Waals surface area contributed by atoms with Gasteiger partial charge in [-0.15, -0.1) is 0 Å². The summed E-state index contributed by atoms with van der Waals surface area (Å²) in [5, 5.41) is 0. The summed E-state index contributed by atoms with van der Waals surface area (Å²) in [5.74, 6) is 0. The molecule has 2 aliphatic rings. The van der Waals surface area contributed by atoms with Gasteiger partial charge in [0.25, 0.3) is 0 Å². The van der Waals surface area contributed by atoms with E-state index in [1.54, 1.807) is 0 Å². The zero-order valence-electron chi connectivity index (χ0n) is 9.91. The second-order valence-electron chi connectivity index (χ2n) is 4.67. The first-order valence-electron chi connectivity index (χ1n) is 6.06. The molecule has 1 aromatic rings. The Hall–Kier alpha value is -1.60. The minimum atomic E-state index is 0.751. The Kier molecular flexibility index (Phi) is 2.69. The van der Waals surface area contributed by atoms with Crippen molar-refractivity contribution in [1.82, 2.24) is 0 Å². The molecule has 1 aliphatic heterocycles. The zero-order valence-corrected chi connectivity index (χ0v) is 9.91. The predicted molar refractivity (Wildman–Crippen MR) is 69.8 cm³/mol. The number of hydrogen-bond donors (Lipinski definition) is 0. The first kappa shape index (κ1) is 10.5. The van der Waals surface area contributed by atoms with Gasteiger partial charge in [-0.05, 0) is 40.7 Å². The second-order valence-corrected chi connectivity index (χ2v) is 4.67. The van der Waals surface area contributed by atoms with E-state index in [2.05, 4.69) is 43.0 Å². The van der Waals surface area contributed by atoms with Gasteiger partial charge in [0.05, 0.1) is 13.2 Å². The quantitative estimate of drug-likeness (QED) is 0.747. The molecular formula is C16H16O. The van der Waals surface area contributed by atoms with Crippen LogP contribution in [0.5, 0.6) is 0 Å². The molecule has 86 valence electrons. The molecule has 0 fully saturated rings. The van der Waals surface area contributed by atoms with Crippen LogP contribution >= 0.6 is 0 Å². The highest BCUT2D eigenvalue weighted by Gasteiger charge is 2.23. The SMILES string of the molecule is C=C1CC=C2COCC(Cc3ccccc3)=C12. The third kappa shape index (κ3) is 1.98. The van der Waals surface area contributed by atoms with Gasteiger partial charge in [0.1, 0.15) is 0 Å². The molecule has 3 rings (SSSR count). The van der Waals surface area contributed by atoms with Gasteiger partial charge < -0.3 is 4.74 Å². The molecule has 0 amide bonds. The molecule has 0 aromatic heterocycles. The lowest BCUT2D eigenvalue weighted by Gasteiger charge is -2.21. The minimum Gasteiger partial charge on any atom is -0.372 e. The summed E-state index contributed by atoms with van der Waals surface area (Å²) in [7, 11) is 0. The summed E-state index contributed by atoms with van der Waals surface area (Å²) < 4.78 is 5.65. The highest BCUT2D eigenvalue weighted by molar-refractivity contribution is 5.56. The summed E-state index contributed by atoms with van der Waals surface area (Å²) >= 11 is 0. The lowest BCUT2D eigenvalue weighted by atomic mass is 9.93. The fourth-order valence-corrected chi connectivity index (χ4v) is 2.62. The number of benzene rings is 1. The van der Waals surface area contributed by atoms with E-state index in [-0.39, 0.29) is 0 Å². The zero-order chi connectivity index (χ0) is 11.7. The van der Waals surface area contributed by atoms with Gasteiger partial charge in [-0.25, -0.2) is 0 Å². The smallest absolute Gasteiger partial charge is 0.0724 e. The Morgan fingerprint density at radius 3 is 2.76 bits per heavy atom. The van der Waals surface area contributed by atoms with Crippen LogP contribution in [0.25, 0.3) is 0 Å². The summed E-state index contributed by atoms with van der Waals surface area (Å²) in [6, 6.07) is 10.6. The molecule has 1 aliphatic carbocycles. The van der Waals surface area contributed by atoms with Crippen LogP contribution < -0.4 is 0 Å². The van der Waals surface area contributed by atoms with Crippen molar-refractivity contribution >= 4 is 0 Å². The molecule has 0 saturated heterocycles. The van der Waals surface area contributed by atoms with Gasteiger partial charge in [-0.3, -0.25) is 0 Å². The van der Waals surface area contributed by atoms with Crippen LogP contribution in [0.3, 0.4) is 0 Å². The Balaban J connectivity index is 1.94. The van der Waals surface area contributed by atoms with Gasteiger partial charge in [-0.1, -0.05) is 43.0 Å². The third-order valence-electron chi connectivity index (χ3n) is 3.42. The minimum absolute atomic E-state index is 0.751. The van der Waals surface area contributed by atoms with Crippen LogP contribution in [0, 0.1) is 0 Å². The lowest BCUT2D eigenvalue weighted by molar-refractivity contribution is 0.171. The maximum absolute atomic E-state index is 5.65. The molecule has 0 bridgehead atoms. The van der Waals surface area contributed by atoms with Gasteiger partial charge in [-0.2, -0.15) is 0 Å². The second kappa shape index (κ2) is 4.34. The highest BCUT2D eigenvalue weighted by Crippen LogP contribution is 2.35. The van der Waals surface area contributed by atoms with Crippen LogP contribution in [0.1, 0.15) is 12.0 Å². The monoisotopic (exact) mass is 224 g/mol. The molecule has 1 aromatic carbocycles. The molecule has 1 nitrogen and oxygen atoms in total. The molecule has 1 heteroatoms. The average Bonchev–Trinajstić information content (AvgIpc) is 2.74. The summed E-state index contributed by atoms with van der Waals surface area (Å²) in [4.78, 5) is 0. The number of ether oxygens (including phenoxy) is 1. The topological polar surface area (TPSA) is 9.23 Å². The van der Waals surface area contributed by atoms with Gasteiger partial charge in [0, 0.05) is 0 Å². The van der Waals surface area contributed by atoms with Crippen molar-refractivity contribution in [3.05, 3.63) is 70.8 Å². The highest BCUT2D eigenvalue weighted by atomic mass is 16.5. The third-order valence-corrected chi connectivity index (χ3v) is 3.42. The standard InChI is InChI=1S/C16H16O/c1-12-7-8-14-10-17-11-15(16(12)14)9-13-5-3-2-4-6-13/h2-6,8H,1,7,9-11H2. The molecular weight excluding hydrogens is 208 g/mol. The average molecular weight is 224 g/mol.